The van der Waals surface area contributed by atoms with Crippen LogP contribution in [0.5, 0.6) is 0 Å². The summed E-state index contributed by atoms with van der Waals surface area (Å²) in [7, 11) is 0. The number of hydrogen-bond donors (Lipinski definition) is 1. The molecule has 0 aliphatic carbocycles. The minimum Gasteiger partial charge on any atom is -0.396 e. The predicted molar refractivity (Wildman–Crippen MR) is 58.7 cm³/mol. The fourth-order valence-corrected chi connectivity index (χ4v) is 1.91. The number of pyridine rings is 1. The van der Waals surface area contributed by atoms with Crippen LogP contribution in [-0.2, 0) is 12.6 Å². The second-order valence-corrected chi connectivity index (χ2v) is 3.87. The van der Waals surface area contributed by atoms with Crippen LogP contribution in [0, 0.1) is 6.92 Å². The van der Waals surface area contributed by atoms with Gasteiger partial charge in [0.25, 0.3) is 0 Å². The van der Waals surface area contributed by atoms with Gasteiger partial charge in [-0.25, -0.2) is 4.98 Å². The number of hydrogen-bond acceptors (Lipinski definition) is 2. The second kappa shape index (κ2) is 3.65. The lowest BCUT2D eigenvalue weighted by molar-refractivity contribution is -0.137. The normalized spacial score (nSPS) is 12.3. The lowest BCUT2D eigenvalue weighted by Gasteiger charge is -2.09. The van der Waals surface area contributed by atoms with Gasteiger partial charge in [0.05, 0.1) is 16.9 Å². The Kier molecular flexibility index (Phi) is 2.52. The molecule has 0 aliphatic heterocycles. The molecular formula is C11H12F3N3. The molecule has 3 nitrogen and oxygen atoms in total. The highest BCUT2D eigenvalue weighted by atomic mass is 19.4. The van der Waals surface area contributed by atoms with Crippen molar-refractivity contribution >= 4 is 11.3 Å². The first-order chi connectivity index (χ1) is 7.84. The fraction of sp³-hybridized carbons (Fsp3) is 0.364. The van der Waals surface area contributed by atoms with E-state index in [0.717, 1.165) is 18.0 Å². The lowest BCUT2D eigenvalue weighted by Crippen LogP contribution is -2.08. The standard InChI is InChI=1S/C11H12F3N3/c1-3-9-6(2)16-10-8(15)4-7(5-17(9)10)11(12,13)14/h4-5H,3,15H2,1-2H3. The molecule has 2 heterocycles. The van der Waals surface area contributed by atoms with Crippen molar-refractivity contribution in [1.29, 1.82) is 0 Å². The first-order valence-corrected chi connectivity index (χ1v) is 5.18. The Bertz CT molecular complexity index is 569. The third-order valence-corrected chi connectivity index (χ3v) is 2.71. The van der Waals surface area contributed by atoms with Crippen molar-refractivity contribution in [1.82, 2.24) is 9.38 Å². The number of imidazole rings is 1. The summed E-state index contributed by atoms with van der Waals surface area (Å²) in [6, 6.07) is 0.918. The van der Waals surface area contributed by atoms with Crippen LogP contribution in [-0.4, -0.2) is 9.38 Å². The van der Waals surface area contributed by atoms with E-state index in [0.29, 0.717) is 17.8 Å². The van der Waals surface area contributed by atoms with Crippen LogP contribution < -0.4 is 5.73 Å². The molecule has 2 aromatic heterocycles. The second-order valence-electron chi connectivity index (χ2n) is 3.87. The van der Waals surface area contributed by atoms with Gasteiger partial charge in [0.15, 0.2) is 5.65 Å². The van der Waals surface area contributed by atoms with Gasteiger partial charge in [-0.2, -0.15) is 13.2 Å². The number of nitrogens with two attached hydrogens (primary N) is 1. The summed E-state index contributed by atoms with van der Waals surface area (Å²) in [5, 5.41) is 0. The van der Waals surface area contributed by atoms with E-state index in [2.05, 4.69) is 4.98 Å². The maximum Gasteiger partial charge on any atom is 0.417 e. The minimum atomic E-state index is -4.40. The number of nitrogens with zero attached hydrogens (tertiary/aromatic N) is 2. The Labute approximate surface area is 96.1 Å². The minimum absolute atomic E-state index is 0.0441. The van der Waals surface area contributed by atoms with Crippen molar-refractivity contribution in [3.05, 3.63) is 29.2 Å². The molecule has 6 heteroatoms. The number of aromatic nitrogens is 2. The number of aryl methyl sites for hydroxylation is 2. The molecule has 92 valence electrons. The number of halogens is 3. The Balaban J connectivity index is 2.79. The number of rotatable bonds is 1. The molecule has 0 radical (unpaired) electrons. The molecule has 0 unspecified atom stereocenters. The van der Waals surface area contributed by atoms with Crippen LogP contribution in [0.15, 0.2) is 12.3 Å². The van der Waals surface area contributed by atoms with E-state index in [-0.39, 0.29) is 5.69 Å². The van der Waals surface area contributed by atoms with Crippen LogP contribution in [0.3, 0.4) is 0 Å². The summed E-state index contributed by atoms with van der Waals surface area (Å²) in [6.45, 7) is 3.63. The van der Waals surface area contributed by atoms with Gasteiger partial charge in [-0.1, -0.05) is 6.92 Å². The molecule has 0 fully saturated rings. The van der Waals surface area contributed by atoms with Crippen molar-refractivity contribution in [2.24, 2.45) is 0 Å². The lowest BCUT2D eigenvalue weighted by atomic mass is 10.2. The van der Waals surface area contributed by atoms with Crippen molar-refractivity contribution in [2.75, 3.05) is 5.73 Å². The molecule has 2 N–H and O–H groups in total. The summed E-state index contributed by atoms with van der Waals surface area (Å²) in [6.07, 6.45) is -2.75. The Morgan fingerprint density at radius 2 is 2.06 bits per heavy atom. The summed E-state index contributed by atoms with van der Waals surface area (Å²) in [4.78, 5) is 4.18. The van der Waals surface area contributed by atoms with Crippen molar-refractivity contribution < 1.29 is 13.2 Å². The molecule has 0 saturated heterocycles. The van der Waals surface area contributed by atoms with Gasteiger partial charge in [0, 0.05) is 11.9 Å². The Morgan fingerprint density at radius 1 is 1.41 bits per heavy atom. The molecule has 2 rings (SSSR count). The highest BCUT2D eigenvalue weighted by Gasteiger charge is 2.32. The van der Waals surface area contributed by atoms with Gasteiger partial charge < -0.3 is 10.1 Å². The highest BCUT2D eigenvalue weighted by Crippen LogP contribution is 2.32. The van der Waals surface area contributed by atoms with Crippen LogP contribution >= 0.6 is 0 Å². The van der Waals surface area contributed by atoms with E-state index >= 15 is 0 Å². The molecular weight excluding hydrogens is 231 g/mol. The van der Waals surface area contributed by atoms with Gasteiger partial charge in [0.2, 0.25) is 0 Å². The van der Waals surface area contributed by atoms with E-state index < -0.39 is 11.7 Å². The number of alkyl halides is 3. The zero-order chi connectivity index (χ0) is 12.8. The maximum atomic E-state index is 12.6. The van der Waals surface area contributed by atoms with Crippen LogP contribution in [0.4, 0.5) is 18.9 Å². The van der Waals surface area contributed by atoms with Crippen LogP contribution in [0.1, 0.15) is 23.9 Å². The maximum absolute atomic E-state index is 12.6. The third kappa shape index (κ3) is 1.83. The summed E-state index contributed by atoms with van der Waals surface area (Å²) in [5.41, 5.74) is 6.73. The average molecular weight is 243 g/mol. The van der Waals surface area contributed by atoms with Crippen molar-refractivity contribution in [3.8, 4) is 0 Å². The molecule has 0 aromatic carbocycles. The topological polar surface area (TPSA) is 43.3 Å². The zero-order valence-corrected chi connectivity index (χ0v) is 9.47. The molecule has 0 atom stereocenters. The molecule has 17 heavy (non-hydrogen) atoms. The van der Waals surface area contributed by atoms with Crippen molar-refractivity contribution in [3.63, 3.8) is 0 Å². The fourth-order valence-electron chi connectivity index (χ4n) is 1.91. The molecule has 2 aromatic rings. The van der Waals surface area contributed by atoms with E-state index in [1.54, 1.807) is 6.92 Å². The summed E-state index contributed by atoms with van der Waals surface area (Å²) < 4.78 is 39.4. The van der Waals surface area contributed by atoms with Gasteiger partial charge in [-0.15, -0.1) is 0 Å². The van der Waals surface area contributed by atoms with Crippen LogP contribution in [0.2, 0.25) is 0 Å². The quantitative estimate of drug-likeness (QED) is 0.836. The van der Waals surface area contributed by atoms with Gasteiger partial charge >= 0.3 is 6.18 Å². The third-order valence-electron chi connectivity index (χ3n) is 2.71. The largest absolute Gasteiger partial charge is 0.417 e. The molecule has 0 bridgehead atoms. The smallest absolute Gasteiger partial charge is 0.396 e. The first-order valence-electron chi connectivity index (χ1n) is 5.18. The molecule has 0 aliphatic rings. The monoisotopic (exact) mass is 243 g/mol. The summed E-state index contributed by atoms with van der Waals surface area (Å²) >= 11 is 0. The van der Waals surface area contributed by atoms with E-state index in [1.807, 2.05) is 6.92 Å². The Hall–Kier alpha value is -1.72. The number of fused-ring (bicyclic) bond motifs is 1. The van der Waals surface area contributed by atoms with Gasteiger partial charge in [-0.05, 0) is 19.4 Å². The van der Waals surface area contributed by atoms with Gasteiger partial charge in [-0.3, -0.25) is 0 Å². The van der Waals surface area contributed by atoms with Crippen molar-refractivity contribution in [2.45, 2.75) is 26.4 Å². The van der Waals surface area contributed by atoms with Crippen LogP contribution in [0.25, 0.3) is 5.65 Å². The molecule has 0 saturated carbocycles. The predicted octanol–water partition coefficient (Wildman–Crippen LogP) is 2.81. The number of nitrogen functional groups attached to an aromatic ring is 1. The first kappa shape index (κ1) is 11.8. The summed E-state index contributed by atoms with van der Waals surface area (Å²) in [5.74, 6) is 0. The Morgan fingerprint density at radius 3 is 2.59 bits per heavy atom. The molecule has 0 amide bonds. The number of anilines is 1. The van der Waals surface area contributed by atoms with Gasteiger partial charge in [0.1, 0.15) is 0 Å². The molecule has 0 spiro atoms. The SMILES string of the molecule is CCc1c(C)nc2c(N)cc(C(F)(F)F)cn12. The van der Waals surface area contributed by atoms with E-state index in [1.165, 1.54) is 4.40 Å². The van der Waals surface area contributed by atoms with E-state index in [9.17, 15) is 13.2 Å². The zero-order valence-electron chi connectivity index (χ0n) is 9.47. The average Bonchev–Trinajstić information content (AvgIpc) is 2.53. The van der Waals surface area contributed by atoms with E-state index in [4.69, 9.17) is 5.73 Å². The highest BCUT2D eigenvalue weighted by molar-refractivity contribution is 5.67.